The van der Waals surface area contributed by atoms with Gasteiger partial charge in [0.05, 0.1) is 52.1 Å². The van der Waals surface area contributed by atoms with E-state index >= 15 is 0 Å². The zero-order chi connectivity index (χ0) is 23.4. The predicted molar refractivity (Wildman–Crippen MR) is 127 cm³/mol. The van der Waals surface area contributed by atoms with Gasteiger partial charge in [-0.1, -0.05) is 24.4 Å². The smallest absolute Gasteiger partial charge is 0.250 e. The van der Waals surface area contributed by atoms with Crippen molar-refractivity contribution in [1.82, 2.24) is 14.9 Å². The number of hydrogen-bond donors (Lipinski definition) is 4. The standard InChI is InChI=1S/C21H27Cl3N4O4/c1-11-8-15(30)17-19(28(11)18-12(22)4-2-3-5-13(18)23)14(24)9-26-20(17)27-10-16(31)21(32)25-6-7-29/h8-9,12-13,16,18,29,31H,2-7,10H2,1H3,(H,25,32)(H,26,27). The normalized spacial score (nSPS) is 22.4. The number of aliphatic hydroxyl groups is 2. The third kappa shape index (κ3) is 5.31. The SMILES string of the molecule is Cc1cc(=O)c2c(NCC(O)C(=O)NCCO)ncc(Cl)c2n1C1C(Cl)CCCCC1Cl. The number of aliphatic hydroxyl groups excluding tert-OH is 2. The summed E-state index contributed by atoms with van der Waals surface area (Å²) in [5.74, 6) is -0.450. The van der Waals surface area contributed by atoms with Gasteiger partial charge in [0.2, 0.25) is 0 Å². The Morgan fingerprint density at radius 1 is 1.31 bits per heavy atom. The molecule has 3 atom stereocenters. The average molecular weight is 506 g/mol. The molecule has 1 aliphatic carbocycles. The van der Waals surface area contributed by atoms with Crippen molar-refractivity contribution in [3.63, 3.8) is 0 Å². The number of carbonyl (C=O) groups excluding carboxylic acids is 1. The molecule has 3 unspecified atom stereocenters. The van der Waals surface area contributed by atoms with E-state index in [1.807, 2.05) is 11.5 Å². The van der Waals surface area contributed by atoms with Gasteiger partial charge in [-0.15, -0.1) is 23.2 Å². The molecule has 2 heterocycles. The molecule has 8 nitrogen and oxygen atoms in total. The number of nitrogens with one attached hydrogen (secondary N) is 2. The number of anilines is 1. The van der Waals surface area contributed by atoms with E-state index in [1.165, 1.54) is 12.3 Å². The lowest BCUT2D eigenvalue weighted by Crippen LogP contribution is -2.40. The molecule has 2 aromatic rings. The summed E-state index contributed by atoms with van der Waals surface area (Å²) >= 11 is 20.0. The van der Waals surface area contributed by atoms with Crippen LogP contribution in [0.25, 0.3) is 10.9 Å². The molecule has 1 aliphatic rings. The van der Waals surface area contributed by atoms with Crippen LogP contribution in [0.15, 0.2) is 17.1 Å². The van der Waals surface area contributed by atoms with E-state index in [4.69, 9.17) is 39.9 Å². The molecule has 0 spiro atoms. The van der Waals surface area contributed by atoms with Crippen LogP contribution in [0.3, 0.4) is 0 Å². The Morgan fingerprint density at radius 2 is 1.97 bits per heavy atom. The fraction of sp³-hybridized carbons (Fsp3) is 0.571. The van der Waals surface area contributed by atoms with Gasteiger partial charge in [-0.25, -0.2) is 4.98 Å². The van der Waals surface area contributed by atoms with Crippen LogP contribution in [0.4, 0.5) is 5.82 Å². The largest absolute Gasteiger partial charge is 0.395 e. The van der Waals surface area contributed by atoms with Gasteiger partial charge in [-0.3, -0.25) is 9.59 Å². The maximum absolute atomic E-state index is 13.0. The first-order valence-corrected chi connectivity index (χ1v) is 11.8. The molecule has 32 heavy (non-hydrogen) atoms. The number of aromatic nitrogens is 2. The number of halogens is 3. The number of nitrogens with zero attached hydrogens (tertiary/aromatic N) is 2. The van der Waals surface area contributed by atoms with Gasteiger partial charge in [-0.2, -0.15) is 0 Å². The number of aryl methyl sites for hydroxylation is 1. The van der Waals surface area contributed by atoms with Crippen molar-refractivity contribution in [2.75, 3.05) is 25.0 Å². The Bertz CT molecular complexity index is 1020. The fourth-order valence-corrected chi connectivity index (χ4v) is 5.32. The summed E-state index contributed by atoms with van der Waals surface area (Å²) in [6.45, 7) is 1.42. The van der Waals surface area contributed by atoms with Gasteiger partial charge in [0.15, 0.2) is 5.43 Å². The lowest BCUT2D eigenvalue weighted by atomic mass is 10.0. The first-order valence-electron chi connectivity index (χ1n) is 10.5. The van der Waals surface area contributed by atoms with Crippen molar-refractivity contribution in [2.45, 2.75) is 55.5 Å². The first kappa shape index (κ1) is 25.1. The molecule has 2 aromatic heterocycles. The number of amides is 1. The van der Waals surface area contributed by atoms with Crippen molar-refractivity contribution >= 4 is 57.4 Å². The molecule has 1 fully saturated rings. The highest BCUT2D eigenvalue weighted by Gasteiger charge is 2.33. The Kier molecular flexibility index (Phi) is 8.63. The van der Waals surface area contributed by atoms with Gasteiger partial charge in [0.1, 0.15) is 11.9 Å². The number of rotatable bonds is 7. The van der Waals surface area contributed by atoms with Crippen LogP contribution in [0.1, 0.15) is 37.4 Å². The van der Waals surface area contributed by atoms with Crippen molar-refractivity contribution in [2.24, 2.45) is 0 Å². The quantitative estimate of drug-likeness (QED) is 0.339. The molecule has 0 aliphatic heterocycles. The summed E-state index contributed by atoms with van der Waals surface area (Å²) in [6, 6.07) is 1.22. The summed E-state index contributed by atoms with van der Waals surface area (Å²) < 4.78 is 1.93. The summed E-state index contributed by atoms with van der Waals surface area (Å²) in [4.78, 5) is 29.1. The molecular formula is C21H27Cl3N4O4. The van der Waals surface area contributed by atoms with Crippen LogP contribution in [-0.2, 0) is 4.79 Å². The average Bonchev–Trinajstić information content (AvgIpc) is 2.92. The Hall–Kier alpha value is -1.58. The second kappa shape index (κ2) is 11.0. The lowest BCUT2D eigenvalue weighted by Gasteiger charge is -2.31. The summed E-state index contributed by atoms with van der Waals surface area (Å²) in [5.41, 5.74) is 0.862. The van der Waals surface area contributed by atoms with Crippen LogP contribution < -0.4 is 16.1 Å². The van der Waals surface area contributed by atoms with Gasteiger partial charge in [-0.05, 0) is 19.8 Å². The predicted octanol–water partition coefficient (Wildman–Crippen LogP) is 2.57. The van der Waals surface area contributed by atoms with Gasteiger partial charge < -0.3 is 25.4 Å². The maximum Gasteiger partial charge on any atom is 0.250 e. The summed E-state index contributed by atoms with van der Waals surface area (Å²) in [6.07, 6.45) is 3.57. The monoisotopic (exact) mass is 504 g/mol. The van der Waals surface area contributed by atoms with Gasteiger partial charge >= 0.3 is 0 Å². The maximum atomic E-state index is 13.0. The van der Waals surface area contributed by atoms with Crippen LogP contribution in [0.2, 0.25) is 5.02 Å². The minimum absolute atomic E-state index is 0.0303. The molecule has 0 radical (unpaired) electrons. The lowest BCUT2D eigenvalue weighted by molar-refractivity contribution is -0.128. The van der Waals surface area contributed by atoms with Crippen LogP contribution >= 0.6 is 34.8 Å². The highest BCUT2D eigenvalue weighted by molar-refractivity contribution is 6.35. The number of hydrogen-bond acceptors (Lipinski definition) is 6. The number of alkyl halides is 2. The van der Waals surface area contributed by atoms with Crippen molar-refractivity contribution in [3.05, 3.63) is 33.2 Å². The second-order valence-electron chi connectivity index (χ2n) is 7.92. The molecule has 11 heteroatoms. The fourth-order valence-electron chi connectivity index (χ4n) is 4.13. The minimum atomic E-state index is -1.40. The molecule has 0 saturated heterocycles. The van der Waals surface area contributed by atoms with Gasteiger partial charge in [0.25, 0.3) is 5.91 Å². The van der Waals surface area contributed by atoms with E-state index in [1.54, 1.807) is 0 Å². The highest BCUT2D eigenvalue weighted by atomic mass is 35.5. The van der Waals surface area contributed by atoms with E-state index in [0.717, 1.165) is 25.7 Å². The van der Waals surface area contributed by atoms with E-state index < -0.39 is 12.0 Å². The van der Waals surface area contributed by atoms with Gasteiger partial charge in [0, 0.05) is 18.3 Å². The molecule has 1 amide bonds. The van der Waals surface area contributed by atoms with E-state index in [9.17, 15) is 14.7 Å². The summed E-state index contributed by atoms with van der Waals surface area (Å²) in [5, 5.41) is 24.2. The zero-order valence-corrected chi connectivity index (χ0v) is 19.9. The number of carbonyl (C=O) groups is 1. The van der Waals surface area contributed by atoms with Crippen LogP contribution in [0.5, 0.6) is 0 Å². The van der Waals surface area contributed by atoms with Crippen molar-refractivity contribution in [1.29, 1.82) is 0 Å². The van der Waals surface area contributed by atoms with Crippen molar-refractivity contribution < 1.29 is 15.0 Å². The molecule has 1 saturated carbocycles. The highest BCUT2D eigenvalue weighted by Crippen LogP contribution is 2.39. The summed E-state index contributed by atoms with van der Waals surface area (Å²) in [7, 11) is 0. The Labute approximate surface area is 200 Å². The first-order chi connectivity index (χ1) is 15.3. The second-order valence-corrected chi connectivity index (χ2v) is 9.45. The van der Waals surface area contributed by atoms with E-state index in [0.29, 0.717) is 11.2 Å². The van der Waals surface area contributed by atoms with Crippen molar-refractivity contribution in [3.8, 4) is 0 Å². The molecule has 3 rings (SSSR count). The molecular weight excluding hydrogens is 479 g/mol. The molecule has 0 bridgehead atoms. The number of pyridine rings is 2. The molecule has 176 valence electrons. The molecule has 4 N–H and O–H groups in total. The van der Waals surface area contributed by atoms with Crippen LogP contribution in [-0.4, -0.2) is 62.2 Å². The van der Waals surface area contributed by atoms with E-state index in [2.05, 4.69) is 15.6 Å². The third-order valence-corrected chi connectivity index (χ3v) is 6.87. The molecule has 0 aromatic carbocycles. The third-order valence-electron chi connectivity index (χ3n) is 5.64. The van der Waals surface area contributed by atoms with Crippen LogP contribution in [0, 0.1) is 6.92 Å². The minimum Gasteiger partial charge on any atom is -0.395 e. The van der Waals surface area contributed by atoms with E-state index in [-0.39, 0.29) is 58.1 Å². The Balaban J connectivity index is 2.05. The zero-order valence-electron chi connectivity index (χ0n) is 17.7. The topological polar surface area (TPSA) is 116 Å². The number of fused-ring (bicyclic) bond motifs is 1. The Morgan fingerprint density at radius 3 is 2.59 bits per heavy atom.